The largest absolute Gasteiger partial charge is 0.479 e. The van der Waals surface area contributed by atoms with Gasteiger partial charge in [-0.2, -0.15) is 5.10 Å². The number of rotatable bonds is 6. The zero-order valence-corrected chi connectivity index (χ0v) is 15.3. The Bertz CT molecular complexity index is 804. The molecule has 0 aromatic carbocycles. The molecule has 27 heavy (non-hydrogen) atoms. The number of carbonyl (C=O) groups excluding carboxylic acids is 2. The number of methoxy groups -OCH3 is 1. The molecule has 0 atom stereocenters. The summed E-state index contributed by atoms with van der Waals surface area (Å²) < 4.78 is 11.7. The van der Waals surface area contributed by atoms with Crippen molar-refractivity contribution in [3.05, 3.63) is 30.3 Å². The van der Waals surface area contributed by atoms with Crippen LogP contribution in [0.25, 0.3) is 0 Å². The molecule has 0 unspecified atom stereocenters. The van der Waals surface area contributed by atoms with Crippen molar-refractivity contribution in [2.24, 2.45) is 5.92 Å². The zero-order valence-electron chi connectivity index (χ0n) is 15.3. The quantitative estimate of drug-likeness (QED) is 0.812. The number of amides is 2. The average molecular weight is 373 g/mol. The van der Waals surface area contributed by atoms with E-state index < -0.39 is 5.54 Å². The van der Waals surface area contributed by atoms with Gasteiger partial charge in [-0.3, -0.25) is 14.3 Å². The SMILES string of the molecule is COc1cc(C(=O)N2CCC(C(=O)NCC3CC3)(n3cccn3)CC2)on1. The summed E-state index contributed by atoms with van der Waals surface area (Å²) in [5, 5.41) is 11.1. The monoisotopic (exact) mass is 373 g/mol. The molecular formula is C18H23N5O4. The van der Waals surface area contributed by atoms with E-state index in [0.717, 1.165) is 0 Å². The van der Waals surface area contributed by atoms with Crippen LogP contribution in [-0.2, 0) is 10.3 Å². The van der Waals surface area contributed by atoms with Crippen LogP contribution in [0.3, 0.4) is 0 Å². The van der Waals surface area contributed by atoms with E-state index in [0.29, 0.717) is 38.4 Å². The molecule has 2 aliphatic rings. The Morgan fingerprint density at radius 2 is 2.15 bits per heavy atom. The van der Waals surface area contributed by atoms with Crippen LogP contribution in [-0.4, -0.2) is 58.4 Å². The number of hydrogen-bond donors (Lipinski definition) is 1. The summed E-state index contributed by atoms with van der Waals surface area (Å²) in [5.41, 5.74) is -0.770. The normalized spacial score (nSPS) is 18.9. The Morgan fingerprint density at radius 3 is 2.74 bits per heavy atom. The second-order valence-corrected chi connectivity index (χ2v) is 7.16. The van der Waals surface area contributed by atoms with Crippen LogP contribution in [0.4, 0.5) is 0 Å². The van der Waals surface area contributed by atoms with Gasteiger partial charge in [-0.25, -0.2) is 0 Å². The molecule has 144 valence electrons. The fourth-order valence-electron chi connectivity index (χ4n) is 3.50. The molecule has 9 heteroatoms. The van der Waals surface area contributed by atoms with E-state index in [1.54, 1.807) is 15.8 Å². The molecule has 4 rings (SSSR count). The third kappa shape index (κ3) is 3.41. The van der Waals surface area contributed by atoms with Gasteiger partial charge in [0.1, 0.15) is 5.54 Å². The maximum atomic E-state index is 13.0. The van der Waals surface area contributed by atoms with E-state index in [4.69, 9.17) is 9.26 Å². The summed E-state index contributed by atoms with van der Waals surface area (Å²) in [5.74, 6) is 0.730. The summed E-state index contributed by atoms with van der Waals surface area (Å²) >= 11 is 0. The lowest BCUT2D eigenvalue weighted by atomic mass is 9.86. The lowest BCUT2D eigenvalue weighted by Gasteiger charge is -2.40. The number of hydrogen-bond acceptors (Lipinski definition) is 6. The Hall–Kier alpha value is -2.84. The molecule has 2 aromatic rings. The molecule has 1 aliphatic carbocycles. The molecule has 3 heterocycles. The van der Waals surface area contributed by atoms with Crippen molar-refractivity contribution in [3.63, 3.8) is 0 Å². The van der Waals surface area contributed by atoms with Gasteiger partial charge in [0.2, 0.25) is 11.7 Å². The van der Waals surface area contributed by atoms with E-state index in [2.05, 4.69) is 15.6 Å². The van der Waals surface area contributed by atoms with Gasteiger partial charge in [0, 0.05) is 32.0 Å². The predicted octanol–water partition coefficient (Wildman–Crippen LogP) is 1.04. The molecule has 2 fully saturated rings. The molecule has 1 saturated heterocycles. The number of nitrogens with one attached hydrogen (secondary N) is 1. The van der Waals surface area contributed by atoms with Crippen LogP contribution in [0.1, 0.15) is 36.2 Å². The number of aromatic nitrogens is 3. The molecule has 2 amide bonds. The Morgan fingerprint density at radius 1 is 1.37 bits per heavy atom. The molecule has 0 radical (unpaired) electrons. The van der Waals surface area contributed by atoms with Crippen molar-refractivity contribution in [2.45, 2.75) is 31.2 Å². The van der Waals surface area contributed by atoms with Crippen LogP contribution < -0.4 is 10.1 Å². The first-order valence-electron chi connectivity index (χ1n) is 9.21. The smallest absolute Gasteiger partial charge is 0.292 e. The van der Waals surface area contributed by atoms with Gasteiger partial charge in [0.15, 0.2) is 0 Å². The van der Waals surface area contributed by atoms with Gasteiger partial charge in [-0.15, -0.1) is 0 Å². The van der Waals surface area contributed by atoms with Gasteiger partial charge < -0.3 is 19.5 Å². The van der Waals surface area contributed by atoms with Gasteiger partial charge in [-0.1, -0.05) is 0 Å². The molecule has 2 aromatic heterocycles. The third-order valence-corrected chi connectivity index (χ3v) is 5.40. The zero-order chi connectivity index (χ0) is 18.9. The molecule has 9 nitrogen and oxygen atoms in total. The molecule has 1 saturated carbocycles. The molecule has 0 bridgehead atoms. The Balaban J connectivity index is 1.47. The third-order valence-electron chi connectivity index (χ3n) is 5.40. The lowest BCUT2D eigenvalue weighted by Crippen LogP contribution is -2.56. The first-order valence-corrected chi connectivity index (χ1v) is 9.21. The first kappa shape index (κ1) is 17.6. The van der Waals surface area contributed by atoms with Gasteiger partial charge in [0.25, 0.3) is 11.8 Å². The van der Waals surface area contributed by atoms with Crippen molar-refractivity contribution < 1.29 is 18.8 Å². The van der Waals surface area contributed by atoms with Crippen molar-refractivity contribution in [3.8, 4) is 5.88 Å². The van der Waals surface area contributed by atoms with E-state index in [9.17, 15) is 9.59 Å². The van der Waals surface area contributed by atoms with Crippen LogP contribution in [0.2, 0.25) is 0 Å². The minimum absolute atomic E-state index is 0.0217. The first-order chi connectivity index (χ1) is 13.1. The van der Waals surface area contributed by atoms with Gasteiger partial charge >= 0.3 is 0 Å². The highest BCUT2D eigenvalue weighted by Gasteiger charge is 2.45. The maximum absolute atomic E-state index is 13.0. The summed E-state index contributed by atoms with van der Waals surface area (Å²) in [6.07, 6.45) is 6.82. The van der Waals surface area contributed by atoms with Crippen LogP contribution in [0.15, 0.2) is 29.0 Å². The van der Waals surface area contributed by atoms with E-state index in [1.165, 1.54) is 26.0 Å². The van der Waals surface area contributed by atoms with Crippen LogP contribution in [0.5, 0.6) is 5.88 Å². The maximum Gasteiger partial charge on any atom is 0.292 e. The Kier molecular flexibility index (Phi) is 4.59. The van der Waals surface area contributed by atoms with Crippen molar-refractivity contribution in [1.29, 1.82) is 0 Å². The van der Waals surface area contributed by atoms with E-state index in [-0.39, 0.29) is 23.5 Å². The number of likely N-dealkylation sites (tertiary alicyclic amines) is 1. The minimum Gasteiger partial charge on any atom is -0.479 e. The van der Waals surface area contributed by atoms with Gasteiger partial charge in [-0.05, 0) is 42.8 Å². The van der Waals surface area contributed by atoms with E-state index in [1.807, 2.05) is 12.3 Å². The van der Waals surface area contributed by atoms with Crippen molar-refractivity contribution >= 4 is 11.8 Å². The highest BCUT2D eigenvalue weighted by molar-refractivity contribution is 5.92. The molecule has 0 spiro atoms. The number of nitrogens with zero attached hydrogens (tertiary/aromatic N) is 4. The summed E-state index contributed by atoms with van der Waals surface area (Å²) in [4.78, 5) is 27.3. The standard InChI is InChI=1S/C18H23N5O4/c1-26-15-11-14(27-21-15)16(24)22-9-5-18(6-10-22,23-8-2-7-20-23)17(25)19-12-13-3-4-13/h2,7-8,11,13H,3-6,9-10,12H2,1H3,(H,19,25). The average Bonchev–Trinajstić information content (AvgIpc) is 3.16. The lowest BCUT2D eigenvalue weighted by molar-refractivity contribution is -0.133. The minimum atomic E-state index is -0.770. The molecule has 1 aliphatic heterocycles. The number of carbonyl (C=O) groups is 2. The predicted molar refractivity (Wildman–Crippen MR) is 94.1 cm³/mol. The Labute approximate surface area is 156 Å². The number of ether oxygens (including phenoxy) is 1. The van der Waals surface area contributed by atoms with Crippen LogP contribution in [0, 0.1) is 5.92 Å². The second kappa shape index (κ2) is 7.05. The highest BCUT2D eigenvalue weighted by Crippen LogP contribution is 2.32. The molecule has 1 N–H and O–H groups in total. The van der Waals surface area contributed by atoms with Crippen molar-refractivity contribution in [2.75, 3.05) is 26.7 Å². The fraction of sp³-hybridized carbons (Fsp3) is 0.556. The summed E-state index contributed by atoms with van der Waals surface area (Å²) in [6, 6.07) is 3.29. The molecular weight excluding hydrogens is 350 g/mol. The summed E-state index contributed by atoms with van der Waals surface area (Å²) in [7, 11) is 1.46. The fourth-order valence-corrected chi connectivity index (χ4v) is 3.50. The highest BCUT2D eigenvalue weighted by atomic mass is 16.5. The van der Waals surface area contributed by atoms with E-state index >= 15 is 0 Å². The topological polar surface area (TPSA) is 102 Å². The second-order valence-electron chi connectivity index (χ2n) is 7.16. The van der Waals surface area contributed by atoms with Crippen molar-refractivity contribution in [1.82, 2.24) is 25.2 Å². The summed E-state index contributed by atoms with van der Waals surface area (Å²) in [6.45, 7) is 1.57. The van der Waals surface area contributed by atoms with Crippen LogP contribution >= 0.6 is 0 Å². The number of piperidine rings is 1. The van der Waals surface area contributed by atoms with Gasteiger partial charge in [0.05, 0.1) is 13.2 Å².